The standard InChI is InChI=1S/C9H20NO2/c1-7-9(11)5-8(12-7)6-10(2,3)4/h7-9,11H,5-6H2,1-4H3/q+1/t7-,8-,9-/m0/s1. The topological polar surface area (TPSA) is 29.5 Å². The van der Waals surface area contributed by atoms with Crippen molar-refractivity contribution >= 4 is 0 Å². The Kier molecular flexibility index (Phi) is 2.76. The summed E-state index contributed by atoms with van der Waals surface area (Å²) in [6.07, 6.45) is 0.773. The van der Waals surface area contributed by atoms with Crippen LogP contribution < -0.4 is 0 Å². The molecule has 3 atom stereocenters. The molecule has 0 bridgehead atoms. The summed E-state index contributed by atoms with van der Waals surface area (Å²) in [5, 5.41) is 9.43. The first-order valence-corrected chi connectivity index (χ1v) is 4.52. The van der Waals surface area contributed by atoms with E-state index in [0.717, 1.165) is 17.4 Å². The second-order valence-corrected chi connectivity index (χ2v) is 4.74. The van der Waals surface area contributed by atoms with Crippen LogP contribution in [0.5, 0.6) is 0 Å². The average Bonchev–Trinajstić information content (AvgIpc) is 2.07. The number of nitrogens with zero attached hydrogens (tertiary/aromatic N) is 1. The highest BCUT2D eigenvalue weighted by Gasteiger charge is 2.33. The van der Waals surface area contributed by atoms with Crippen LogP contribution in [0.4, 0.5) is 0 Å². The van der Waals surface area contributed by atoms with Crippen LogP contribution in [0.25, 0.3) is 0 Å². The molecule has 0 unspecified atom stereocenters. The molecule has 1 saturated heterocycles. The first-order valence-electron chi connectivity index (χ1n) is 4.52. The maximum absolute atomic E-state index is 9.43. The minimum absolute atomic E-state index is 0.0153. The van der Waals surface area contributed by atoms with Crippen molar-refractivity contribution in [1.29, 1.82) is 0 Å². The van der Waals surface area contributed by atoms with Crippen LogP contribution in [0, 0.1) is 0 Å². The summed E-state index contributed by atoms with van der Waals surface area (Å²) in [5.41, 5.74) is 0. The van der Waals surface area contributed by atoms with Crippen molar-refractivity contribution in [3.8, 4) is 0 Å². The van der Waals surface area contributed by atoms with Gasteiger partial charge in [0.15, 0.2) is 0 Å². The summed E-state index contributed by atoms with van der Waals surface area (Å²) in [7, 11) is 6.41. The van der Waals surface area contributed by atoms with Crippen molar-refractivity contribution in [2.45, 2.75) is 31.7 Å². The molecule has 0 aromatic heterocycles. The molecule has 1 aliphatic rings. The van der Waals surface area contributed by atoms with Crippen molar-refractivity contribution in [2.75, 3.05) is 27.7 Å². The minimum Gasteiger partial charge on any atom is -0.390 e. The molecule has 1 heterocycles. The highest BCUT2D eigenvalue weighted by Crippen LogP contribution is 2.21. The van der Waals surface area contributed by atoms with Gasteiger partial charge in [-0.05, 0) is 6.92 Å². The molecule has 3 nitrogen and oxygen atoms in total. The van der Waals surface area contributed by atoms with E-state index >= 15 is 0 Å². The van der Waals surface area contributed by atoms with Gasteiger partial charge in [-0.2, -0.15) is 0 Å². The molecule has 0 radical (unpaired) electrons. The van der Waals surface area contributed by atoms with Crippen LogP contribution in [0.3, 0.4) is 0 Å². The predicted octanol–water partition coefficient (Wildman–Crippen LogP) is 0.231. The summed E-state index contributed by atoms with van der Waals surface area (Å²) in [5.74, 6) is 0. The highest BCUT2D eigenvalue weighted by molar-refractivity contribution is 4.78. The van der Waals surface area contributed by atoms with Crippen LogP contribution in [0.1, 0.15) is 13.3 Å². The van der Waals surface area contributed by atoms with Crippen molar-refractivity contribution in [3.05, 3.63) is 0 Å². The van der Waals surface area contributed by atoms with Crippen molar-refractivity contribution in [1.82, 2.24) is 0 Å². The summed E-state index contributed by atoms with van der Waals surface area (Å²) in [6, 6.07) is 0. The van der Waals surface area contributed by atoms with E-state index in [4.69, 9.17) is 4.74 Å². The lowest BCUT2D eigenvalue weighted by Gasteiger charge is -2.26. The van der Waals surface area contributed by atoms with Crippen molar-refractivity contribution in [3.63, 3.8) is 0 Å². The molecule has 1 rings (SSSR count). The quantitative estimate of drug-likeness (QED) is 0.607. The number of aliphatic hydroxyl groups is 1. The molecule has 1 N–H and O–H groups in total. The summed E-state index contributed by atoms with van der Waals surface area (Å²) in [6.45, 7) is 2.90. The third-order valence-electron chi connectivity index (χ3n) is 2.20. The monoisotopic (exact) mass is 174 g/mol. The summed E-state index contributed by atoms with van der Waals surface area (Å²) < 4.78 is 6.48. The Balaban J connectivity index is 2.38. The van der Waals surface area contributed by atoms with Gasteiger partial charge in [0.2, 0.25) is 0 Å². The fourth-order valence-corrected chi connectivity index (χ4v) is 1.64. The van der Waals surface area contributed by atoms with Gasteiger partial charge in [0.25, 0.3) is 0 Å². The molecular weight excluding hydrogens is 154 g/mol. The van der Waals surface area contributed by atoms with Gasteiger partial charge in [0, 0.05) is 6.42 Å². The van der Waals surface area contributed by atoms with Crippen LogP contribution in [0.15, 0.2) is 0 Å². The predicted molar refractivity (Wildman–Crippen MR) is 47.9 cm³/mol. The number of ether oxygens (including phenoxy) is 1. The van der Waals surface area contributed by atoms with Crippen molar-refractivity contribution < 1.29 is 14.3 Å². The second kappa shape index (κ2) is 3.32. The van der Waals surface area contributed by atoms with Crippen LogP contribution in [0.2, 0.25) is 0 Å². The van der Waals surface area contributed by atoms with Crippen LogP contribution in [-0.2, 0) is 4.74 Å². The lowest BCUT2D eigenvalue weighted by atomic mass is 10.1. The van der Waals surface area contributed by atoms with Gasteiger partial charge < -0.3 is 14.3 Å². The zero-order valence-corrected chi connectivity index (χ0v) is 8.45. The number of quaternary nitrogens is 1. The molecule has 0 saturated carbocycles. The Hall–Kier alpha value is -0.120. The largest absolute Gasteiger partial charge is 0.390 e. The molecular formula is C9H20NO2+. The normalized spacial score (nSPS) is 37.2. The second-order valence-electron chi connectivity index (χ2n) is 4.74. The molecule has 0 aromatic rings. The van der Waals surface area contributed by atoms with E-state index in [0.29, 0.717) is 0 Å². The fraction of sp³-hybridized carbons (Fsp3) is 1.00. The Morgan fingerprint density at radius 3 is 2.33 bits per heavy atom. The molecule has 0 spiro atoms. The van der Waals surface area contributed by atoms with E-state index in [-0.39, 0.29) is 18.3 Å². The lowest BCUT2D eigenvalue weighted by molar-refractivity contribution is -0.873. The molecule has 0 aliphatic carbocycles. The lowest BCUT2D eigenvalue weighted by Crippen LogP contribution is -2.41. The van der Waals surface area contributed by atoms with E-state index in [1.54, 1.807) is 0 Å². The zero-order chi connectivity index (χ0) is 9.35. The molecule has 1 fully saturated rings. The van der Waals surface area contributed by atoms with Gasteiger partial charge in [-0.1, -0.05) is 0 Å². The molecule has 0 aromatic carbocycles. The molecule has 12 heavy (non-hydrogen) atoms. The molecule has 3 heteroatoms. The maximum atomic E-state index is 9.43. The molecule has 1 aliphatic heterocycles. The van der Waals surface area contributed by atoms with Crippen molar-refractivity contribution in [2.24, 2.45) is 0 Å². The summed E-state index contributed by atoms with van der Waals surface area (Å²) in [4.78, 5) is 0. The smallest absolute Gasteiger partial charge is 0.109 e. The third kappa shape index (κ3) is 2.73. The Morgan fingerprint density at radius 2 is 2.00 bits per heavy atom. The minimum atomic E-state index is -0.262. The van der Waals surface area contributed by atoms with E-state index in [9.17, 15) is 5.11 Å². The van der Waals surface area contributed by atoms with Gasteiger partial charge in [-0.25, -0.2) is 0 Å². The van der Waals surface area contributed by atoms with Crippen LogP contribution >= 0.6 is 0 Å². The third-order valence-corrected chi connectivity index (χ3v) is 2.20. The SMILES string of the molecule is C[C@@H]1O[C@H](C[N+](C)(C)C)C[C@@H]1O. The van der Waals surface area contributed by atoms with E-state index in [2.05, 4.69) is 21.1 Å². The van der Waals surface area contributed by atoms with Gasteiger partial charge >= 0.3 is 0 Å². The first-order chi connectivity index (χ1) is 5.38. The van der Waals surface area contributed by atoms with Gasteiger partial charge in [-0.15, -0.1) is 0 Å². The Bertz CT molecular complexity index is 143. The molecule has 72 valence electrons. The Labute approximate surface area is 74.5 Å². The van der Waals surface area contributed by atoms with E-state index in [1.165, 1.54) is 0 Å². The number of rotatable bonds is 2. The van der Waals surface area contributed by atoms with E-state index in [1.807, 2.05) is 6.92 Å². The maximum Gasteiger partial charge on any atom is 0.109 e. The number of hydrogen-bond acceptors (Lipinski definition) is 2. The Morgan fingerprint density at radius 1 is 1.42 bits per heavy atom. The van der Waals surface area contributed by atoms with Gasteiger partial charge in [0.05, 0.1) is 33.4 Å². The number of likely N-dealkylation sites (N-methyl/N-ethyl adjacent to an activating group) is 1. The summed E-state index contributed by atoms with van der Waals surface area (Å²) >= 11 is 0. The average molecular weight is 174 g/mol. The van der Waals surface area contributed by atoms with Crippen LogP contribution in [-0.4, -0.2) is 55.6 Å². The van der Waals surface area contributed by atoms with Gasteiger partial charge in [-0.3, -0.25) is 0 Å². The highest BCUT2D eigenvalue weighted by atomic mass is 16.5. The van der Waals surface area contributed by atoms with E-state index < -0.39 is 0 Å². The first kappa shape index (κ1) is 9.96. The number of aliphatic hydroxyl groups excluding tert-OH is 1. The van der Waals surface area contributed by atoms with Gasteiger partial charge in [0.1, 0.15) is 12.6 Å². The molecule has 0 amide bonds. The zero-order valence-electron chi connectivity index (χ0n) is 8.45. The number of hydrogen-bond donors (Lipinski definition) is 1. The fourth-order valence-electron chi connectivity index (χ4n) is 1.64.